The van der Waals surface area contributed by atoms with Gasteiger partial charge in [0.2, 0.25) is 5.43 Å². The molecule has 0 saturated heterocycles. The SMILES string of the molecule is [B]C(C)c1oc2cccc(F)c2c(=O)c1-c1cccc(F)c1. The molecule has 2 radical (unpaired) electrons. The Hall–Kier alpha value is -2.43. The highest BCUT2D eigenvalue weighted by molar-refractivity contribution is 6.12. The molecule has 2 aromatic carbocycles. The minimum Gasteiger partial charge on any atom is -0.461 e. The molecule has 3 rings (SSSR count). The van der Waals surface area contributed by atoms with Crippen molar-refractivity contribution in [2.45, 2.75) is 12.7 Å². The Balaban J connectivity index is 2.46. The van der Waals surface area contributed by atoms with Crippen LogP contribution >= 0.6 is 0 Å². The maximum absolute atomic E-state index is 14.0. The van der Waals surface area contributed by atoms with Crippen molar-refractivity contribution in [3.8, 4) is 11.1 Å². The lowest BCUT2D eigenvalue weighted by atomic mass is 9.83. The van der Waals surface area contributed by atoms with Crippen molar-refractivity contribution in [3.05, 3.63) is 70.1 Å². The summed E-state index contributed by atoms with van der Waals surface area (Å²) in [6.07, 6.45) is 0. The van der Waals surface area contributed by atoms with Gasteiger partial charge in [-0.1, -0.05) is 25.1 Å². The standard InChI is InChI=1S/C17H11BF2O2/c1-9(18)17-14(10-4-2-5-11(19)8-10)16(21)15-12(20)6-3-7-13(15)22-17/h2-9H,1H3. The number of hydrogen-bond acceptors (Lipinski definition) is 2. The van der Waals surface area contributed by atoms with Crippen LogP contribution in [0.1, 0.15) is 18.5 Å². The number of rotatable bonds is 2. The van der Waals surface area contributed by atoms with Gasteiger partial charge in [0.15, 0.2) is 0 Å². The van der Waals surface area contributed by atoms with Gasteiger partial charge >= 0.3 is 0 Å². The molecule has 108 valence electrons. The monoisotopic (exact) mass is 296 g/mol. The topological polar surface area (TPSA) is 30.2 Å². The summed E-state index contributed by atoms with van der Waals surface area (Å²) in [6, 6.07) is 9.63. The normalized spacial score (nSPS) is 12.5. The summed E-state index contributed by atoms with van der Waals surface area (Å²) in [5, 5.41) is -0.161. The second-order valence-corrected chi connectivity index (χ2v) is 5.08. The van der Waals surface area contributed by atoms with Crippen LogP contribution in [0.3, 0.4) is 0 Å². The van der Waals surface area contributed by atoms with Gasteiger partial charge < -0.3 is 4.42 Å². The first kappa shape index (κ1) is 14.5. The van der Waals surface area contributed by atoms with Gasteiger partial charge in [0.05, 0.1) is 13.4 Å². The van der Waals surface area contributed by atoms with Crippen molar-refractivity contribution in [2.24, 2.45) is 0 Å². The van der Waals surface area contributed by atoms with E-state index in [1.165, 1.54) is 36.4 Å². The van der Waals surface area contributed by atoms with Crippen molar-refractivity contribution >= 4 is 18.8 Å². The zero-order chi connectivity index (χ0) is 15.9. The first-order chi connectivity index (χ1) is 10.5. The molecule has 22 heavy (non-hydrogen) atoms. The third kappa shape index (κ3) is 2.32. The summed E-state index contributed by atoms with van der Waals surface area (Å²) in [6.45, 7) is 1.65. The molecule has 0 spiro atoms. The van der Waals surface area contributed by atoms with E-state index >= 15 is 0 Å². The Morgan fingerprint density at radius 2 is 1.86 bits per heavy atom. The van der Waals surface area contributed by atoms with E-state index in [0.29, 0.717) is 5.56 Å². The van der Waals surface area contributed by atoms with Crippen molar-refractivity contribution in [1.29, 1.82) is 0 Å². The Bertz CT molecular complexity index is 916. The molecule has 1 atom stereocenters. The maximum atomic E-state index is 14.0. The van der Waals surface area contributed by atoms with Crippen LogP contribution < -0.4 is 5.43 Å². The molecule has 0 aliphatic rings. The lowest BCUT2D eigenvalue weighted by Crippen LogP contribution is -2.12. The average molecular weight is 296 g/mol. The van der Waals surface area contributed by atoms with Crippen molar-refractivity contribution in [1.82, 2.24) is 0 Å². The lowest BCUT2D eigenvalue weighted by molar-refractivity contribution is 0.536. The first-order valence-corrected chi connectivity index (χ1v) is 6.76. The van der Waals surface area contributed by atoms with Gasteiger partial charge in [-0.2, -0.15) is 0 Å². The predicted octanol–water partition coefficient (Wildman–Crippen LogP) is 3.97. The summed E-state index contributed by atoms with van der Waals surface area (Å²) in [5.74, 6) is -1.58. The minimum atomic E-state index is -0.680. The van der Waals surface area contributed by atoms with Gasteiger partial charge in [-0.05, 0) is 35.6 Å². The van der Waals surface area contributed by atoms with E-state index in [9.17, 15) is 13.6 Å². The van der Waals surface area contributed by atoms with Crippen LogP contribution in [-0.2, 0) is 0 Å². The number of fused-ring (bicyclic) bond motifs is 1. The highest BCUT2D eigenvalue weighted by atomic mass is 19.1. The Labute approximate surface area is 126 Å². The van der Waals surface area contributed by atoms with Gasteiger partial charge in [0.25, 0.3) is 0 Å². The molecule has 0 aliphatic carbocycles. The van der Waals surface area contributed by atoms with Crippen molar-refractivity contribution in [2.75, 3.05) is 0 Å². The smallest absolute Gasteiger partial charge is 0.203 e. The summed E-state index contributed by atoms with van der Waals surface area (Å²) in [7, 11) is 5.87. The molecule has 0 aliphatic heterocycles. The molecule has 1 aromatic heterocycles. The Kier molecular flexibility index (Phi) is 3.57. The Morgan fingerprint density at radius 3 is 2.55 bits per heavy atom. The zero-order valence-corrected chi connectivity index (χ0v) is 11.8. The summed E-state index contributed by atoms with van der Waals surface area (Å²) >= 11 is 0. The Morgan fingerprint density at radius 1 is 1.14 bits per heavy atom. The van der Waals surface area contributed by atoms with E-state index in [2.05, 4.69) is 0 Å². The van der Waals surface area contributed by atoms with E-state index in [0.717, 1.165) is 0 Å². The van der Waals surface area contributed by atoms with Gasteiger partial charge in [-0.3, -0.25) is 4.79 Å². The maximum Gasteiger partial charge on any atom is 0.203 e. The fourth-order valence-electron chi connectivity index (χ4n) is 2.45. The summed E-state index contributed by atoms with van der Waals surface area (Å²) < 4.78 is 33.1. The van der Waals surface area contributed by atoms with Crippen LogP contribution in [0.2, 0.25) is 0 Å². The van der Waals surface area contributed by atoms with Crippen LogP contribution in [0.25, 0.3) is 22.1 Å². The van der Waals surface area contributed by atoms with Gasteiger partial charge in [-0.15, -0.1) is 0 Å². The molecule has 0 bridgehead atoms. The van der Waals surface area contributed by atoms with E-state index in [1.54, 1.807) is 13.0 Å². The molecule has 2 nitrogen and oxygen atoms in total. The average Bonchev–Trinajstić information content (AvgIpc) is 2.46. The largest absolute Gasteiger partial charge is 0.461 e. The fraction of sp³-hybridized carbons (Fsp3) is 0.118. The van der Waals surface area contributed by atoms with Crippen LogP contribution in [0.4, 0.5) is 8.78 Å². The van der Waals surface area contributed by atoms with E-state index < -0.39 is 22.9 Å². The van der Waals surface area contributed by atoms with Gasteiger partial charge in [-0.25, -0.2) is 8.78 Å². The second kappa shape index (κ2) is 5.41. The van der Waals surface area contributed by atoms with Gasteiger partial charge in [0.1, 0.15) is 28.4 Å². The van der Waals surface area contributed by atoms with Gasteiger partial charge in [0, 0.05) is 0 Å². The highest BCUT2D eigenvalue weighted by Gasteiger charge is 2.20. The molecule has 3 aromatic rings. The lowest BCUT2D eigenvalue weighted by Gasteiger charge is -2.13. The minimum absolute atomic E-state index is 0.0899. The summed E-state index contributed by atoms with van der Waals surface area (Å²) in [4.78, 5) is 12.7. The van der Waals surface area contributed by atoms with Crippen LogP contribution in [-0.4, -0.2) is 7.85 Å². The number of benzene rings is 2. The van der Waals surface area contributed by atoms with E-state index in [-0.39, 0.29) is 22.3 Å². The third-order valence-corrected chi connectivity index (χ3v) is 3.42. The molecular weight excluding hydrogens is 285 g/mol. The summed E-state index contributed by atoms with van der Waals surface area (Å²) in [5.41, 5.74) is -0.0343. The molecule has 0 amide bonds. The second-order valence-electron chi connectivity index (χ2n) is 5.08. The van der Waals surface area contributed by atoms with Crippen LogP contribution in [0, 0.1) is 11.6 Å². The number of hydrogen-bond donors (Lipinski definition) is 0. The molecule has 0 fully saturated rings. The zero-order valence-electron chi connectivity index (χ0n) is 11.8. The fourth-order valence-corrected chi connectivity index (χ4v) is 2.45. The van der Waals surface area contributed by atoms with Crippen molar-refractivity contribution < 1.29 is 13.2 Å². The predicted molar refractivity (Wildman–Crippen MR) is 82.0 cm³/mol. The van der Waals surface area contributed by atoms with Crippen LogP contribution in [0.15, 0.2) is 51.7 Å². The highest BCUT2D eigenvalue weighted by Crippen LogP contribution is 2.29. The van der Waals surface area contributed by atoms with E-state index in [1.807, 2.05) is 0 Å². The molecule has 1 heterocycles. The molecule has 5 heteroatoms. The number of halogens is 2. The van der Waals surface area contributed by atoms with E-state index in [4.69, 9.17) is 12.3 Å². The van der Waals surface area contributed by atoms with Crippen molar-refractivity contribution in [3.63, 3.8) is 0 Å². The first-order valence-electron chi connectivity index (χ1n) is 6.76. The molecule has 0 N–H and O–H groups in total. The molecular formula is C17H11BF2O2. The molecule has 1 unspecified atom stereocenters. The third-order valence-electron chi connectivity index (χ3n) is 3.42. The molecule has 0 saturated carbocycles. The van der Waals surface area contributed by atoms with Crippen LogP contribution in [0.5, 0.6) is 0 Å². The quantitative estimate of drug-likeness (QED) is 0.670.